The number of benzene rings is 1. The molecule has 4 fully saturated rings. The van der Waals surface area contributed by atoms with E-state index in [-0.39, 0.29) is 42.0 Å². The molecule has 1 aromatic carbocycles. The maximum atomic E-state index is 17.0. The first-order chi connectivity index (χ1) is 22.4. The summed E-state index contributed by atoms with van der Waals surface area (Å²) in [5, 5.41) is 8.34. The molecule has 240 valence electrons. The topological polar surface area (TPSA) is 119 Å². The number of aromatic nitrogens is 5. The van der Waals surface area contributed by atoms with E-state index < -0.39 is 23.7 Å². The van der Waals surface area contributed by atoms with Gasteiger partial charge in [-0.3, -0.25) is 15.0 Å². The summed E-state index contributed by atoms with van der Waals surface area (Å²) in [5.41, 5.74) is 1.81. The van der Waals surface area contributed by atoms with Crippen molar-refractivity contribution in [2.24, 2.45) is 5.41 Å². The Kier molecular flexibility index (Phi) is 6.38. The highest BCUT2D eigenvalue weighted by atomic mass is 19.1. The molecule has 7 aliphatic rings. The van der Waals surface area contributed by atoms with Crippen molar-refractivity contribution in [1.29, 1.82) is 0 Å². The summed E-state index contributed by atoms with van der Waals surface area (Å²) in [5.74, 6) is -0.0196. The molecule has 0 radical (unpaired) electrons. The van der Waals surface area contributed by atoms with E-state index in [0.717, 1.165) is 62.7 Å². The van der Waals surface area contributed by atoms with Crippen molar-refractivity contribution in [2.45, 2.75) is 69.2 Å². The van der Waals surface area contributed by atoms with Crippen LogP contribution >= 0.6 is 0 Å². The lowest BCUT2D eigenvalue weighted by Gasteiger charge is -2.52. The van der Waals surface area contributed by atoms with Gasteiger partial charge in [0.05, 0.1) is 29.2 Å². The first kappa shape index (κ1) is 28.1. The monoisotopic (exact) mass is 631 g/mol. The Labute approximate surface area is 263 Å². The third kappa shape index (κ3) is 4.49. The van der Waals surface area contributed by atoms with Crippen molar-refractivity contribution in [3.8, 4) is 17.3 Å². The molecule has 11 rings (SSSR count). The Morgan fingerprint density at radius 3 is 2.89 bits per heavy atom. The minimum atomic E-state index is -0.889. The number of H-pyrrole nitrogens is 1. The van der Waals surface area contributed by atoms with Crippen LogP contribution in [0, 0.1) is 11.2 Å². The van der Waals surface area contributed by atoms with E-state index in [4.69, 9.17) is 19.2 Å². The van der Waals surface area contributed by atoms with Crippen LogP contribution in [0.3, 0.4) is 0 Å². The number of fused-ring (bicyclic) bond motifs is 2. The van der Waals surface area contributed by atoms with Crippen LogP contribution in [0.5, 0.6) is 6.01 Å². The van der Waals surface area contributed by atoms with E-state index in [1.54, 1.807) is 12.4 Å². The second-order valence-electron chi connectivity index (χ2n) is 13.8. The molecule has 0 unspecified atom stereocenters. The van der Waals surface area contributed by atoms with Gasteiger partial charge in [-0.15, -0.1) is 0 Å². The molecule has 1 saturated carbocycles. The summed E-state index contributed by atoms with van der Waals surface area (Å²) in [4.78, 5) is 31.2. The Balaban J connectivity index is 1.19. The Bertz CT molecular complexity index is 1860. The van der Waals surface area contributed by atoms with Crippen molar-refractivity contribution in [3.63, 3.8) is 0 Å². The molecule has 3 aromatic heterocycles. The first-order valence-electron chi connectivity index (χ1n) is 16.3. The number of aromatic amines is 1. The zero-order chi connectivity index (χ0) is 31.0. The van der Waals surface area contributed by atoms with Gasteiger partial charge in [-0.25, -0.2) is 13.6 Å². The lowest BCUT2D eigenvalue weighted by Crippen LogP contribution is -2.53. The molecule has 1 aliphatic carbocycles. The molecule has 0 amide bonds. The molecule has 4 aromatic rings. The standard InChI is InChI=1S/C33H35F2N7O4/c34-20-11-33(7-2-9-42(33)16-20)18-45-30-38-27-23-14-36-28(26(27)35)25-19(3-4-24-22(25)15-37-40-24)5-10-44-31(43)46-21-12-32(13-21)6-1-8-41(17-32)29(23)39-30/h3-4,14-15,20-21H,1-2,5-13,16-18H2,(H,37,40)/t20-,21?,32?,33+/m1/s1. The van der Waals surface area contributed by atoms with Crippen molar-refractivity contribution in [1.82, 2.24) is 30.0 Å². The molecule has 13 heteroatoms. The van der Waals surface area contributed by atoms with Crippen molar-refractivity contribution in [3.05, 3.63) is 35.9 Å². The molecule has 7 bridgehead atoms. The fourth-order valence-electron chi connectivity index (χ4n) is 8.83. The normalized spacial score (nSPS) is 29.3. The Hall–Kier alpha value is -4.13. The van der Waals surface area contributed by atoms with Crippen molar-refractivity contribution in [2.75, 3.05) is 44.3 Å². The van der Waals surface area contributed by atoms with Gasteiger partial charge in [0.25, 0.3) is 0 Å². The number of anilines is 1. The van der Waals surface area contributed by atoms with Crippen LogP contribution in [0.1, 0.15) is 50.5 Å². The number of alkyl halides is 1. The summed E-state index contributed by atoms with van der Waals surface area (Å²) in [6, 6.07) is 3.81. The molecule has 6 aliphatic heterocycles. The summed E-state index contributed by atoms with van der Waals surface area (Å²) < 4.78 is 48.9. The summed E-state index contributed by atoms with van der Waals surface area (Å²) in [6.07, 6.45) is 7.46. The predicted molar refractivity (Wildman–Crippen MR) is 164 cm³/mol. The number of carbonyl (C=O) groups is 1. The highest BCUT2D eigenvalue weighted by Gasteiger charge is 2.50. The molecule has 9 heterocycles. The number of carbonyl (C=O) groups excluding carboxylic acids is 1. The van der Waals surface area contributed by atoms with E-state index in [1.165, 1.54) is 0 Å². The Morgan fingerprint density at radius 1 is 1.09 bits per heavy atom. The molecule has 1 N–H and O–H groups in total. The van der Waals surface area contributed by atoms with E-state index in [1.807, 2.05) is 12.1 Å². The SMILES string of the molecule is O=C1OCCc2ccc3[nH]ncc3c2-c2ncc3c(nc(OC[C@@]45CCCN4C[C@H](F)C5)nc3c2F)N2CCCC3(CC(C3)O1)C2. The fourth-order valence-corrected chi connectivity index (χ4v) is 8.83. The van der Waals surface area contributed by atoms with Crippen molar-refractivity contribution >= 4 is 33.8 Å². The molecular formula is C33H35F2N7O4. The van der Waals surface area contributed by atoms with Gasteiger partial charge in [-0.05, 0) is 62.1 Å². The largest absolute Gasteiger partial charge is 0.508 e. The van der Waals surface area contributed by atoms with Gasteiger partial charge in [0.15, 0.2) is 5.82 Å². The maximum Gasteiger partial charge on any atom is 0.508 e. The van der Waals surface area contributed by atoms with E-state index in [2.05, 4.69) is 30.0 Å². The number of rotatable bonds is 3. The summed E-state index contributed by atoms with van der Waals surface area (Å²) in [6.45, 7) is 2.97. The van der Waals surface area contributed by atoms with Gasteiger partial charge in [0.1, 0.15) is 35.9 Å². The lowest BCUT2D eigenvalue weighted by molar-refractivity contribution is -0.0717. The third-order valence-corrected chi connectivity index (χ3v) is 11.0. The van der Waals surface area contributed by atoms with E-state index in [9.17, 15) is 9.18 Å². The average molecular weight is 632 g/mol. The molecular weight excluding hydrogens is 596 g/mol. The molecule has 2 atom stereocenters. The van der Waals surface area contributed by atoms with E-state index in [0.29, 0.717) is 48.1 Å². The van der Waals surface area contributed by atoms with Crippen LogP contribution in [0.4, 0.5) is 19.4 Å². The van der Waals surface area contributed by atoms with Crippen LogP contribution in [0.25, 0.3) is 33.1 Å². The number of hydrogen-bond donors (Lipinski definition) is 1. The van der Waals surface area contributed by atoms with Crippen LogP contribution in [-0.2, 0) is 15.9 Å². The van der Waals surface area contributed by atoms with E-state index >= 15 is 4.39 Å². The van der Waals surface area contributed by atoms with Gasteiger partial charge in [0.2, 0.25) is 0 Å². The number of hydrogen-bond acceptors (Lipinski definition) is 10. The number of piperidine rings is 1. The second-order valence-corrected chi connectivity index (χ2v) is 13.8. The predicted octanol–water partition coefficient (Wildman–Crippen LogP) is 5.12. The zero-order valence-corrected chi connectivity index (χ0v) is 25.4. The molecule has 1 spiro atoms. The van der Waals surface area contributed by atoms with Crippen LogP contribution < -0.4 is 9.64 Å². The maximum absolute atomic E-state index is 17.0. The van der Waals surface area contributed by atoms with Crippen LogP contribution in [0.15, 0.2) is 24.5 Å². The average Bonchev–Trinajstić information content (AvgIpc) is 3.73. The van der Waals surface area contributed by atoms with Gasteiger partial charge in [0, 0.05) is 49.6 Å². The second kappa shape index (κ2) is 10.4. The highest BCUT2D eigenvalue weighted by molar-refractivity contribution is 5.99. The van der Waals surface area contributed by atoms with Gasteiger partial charge in [-0.2, -0.15) is 15.1 Å². The number of ether oxygens (including phenoxy) is 3. The van der Waals surface area contributed by atoms with Crippen molar-refractivity contribution < 1.29 is 27.8 Å². The summed E-state index contributed by atoms with van der Waals surface area (Å²) >= 11 is 0. The van der Waals surface area contributed by atoms with Crippen LogP contribution in [-0.4, -0.2) is 93.4 Å². The van der Waals surface area contributed by atoms with Gasteiger partial charge >= 0.3 is 12.2 Å². The smallest absolute Gasteiger partial charge is 0.461 e. The lowest BCUT2D eigenvalue weighted by atomic mass is 9.62. The molecule has 3 saturated heterocycles. The molecule has 46 heavy (non-hydrogen) atoms. The Morgan fingerprint density at radius 2 is 1.98 bits per heavy atom. The van der Waals surface area contributed by atoms with Crippen LogP contribution in [0.2, 0.25) is 0 Å². The summed E-state index contributed by atoms with van der Waals surface area (Å²) in [7, 11) is 0. The third-order valence-electron chi connectivity index (χ3n) is 11.0. The van der Waals surface area contributed by atoms with Gasteiger partial charge in [-0.1, -0.05) is 6.07 Å². The fraction of sp³-hybridized carbons (Fsp3) is 0.545. The number of pyridine rings is 1. The minimum Gasteiger partial charge on any atom is -0.461 e. The number of nitrogens with one attached hydrogen (secondary N) is 1. The number of nitrogens with zero attached hydrogens (tertiary/aromatic N) is 6. The minimum absolute atomic E-state index is 0.0478. The zero-order valence-electron chi connectivity index (χ0n) is 25.4. The number of halogens is 2. The van der Waals surface area contributed by atoms with Gasteiger partial charge < -0.3 is 19.1 Å². The first-order valence-corrected chi connectivity index (χ1v) is 16.3. The highest BCUT2D eigenvalue weighted by Crippen LogP contribution is 2.50. The quantitative estimate of drug-likeness (QED) is 0.305. The molecule has 11 nitrogen and oxygen atoms in total.